The molecule has 2 aromatic carbocycles. The second-order valence-corrected chi connectivity index (χ2v) is 9.49. The molecule has 0 spiro atoms. The maximum Gasteiger partial charge on any atom is 0.338 e. The lowest BCUT2D eigenvalue weighted by atomic mass is 9.83. The molecule has 2 N–H and O–H groups in total. The van der Waals surface area contributed by atoms with Crippen LogP contribution in [0.3, 0.4) is 0 Å². The van der Waals surface area contributed by atoms with E-state index in [2.05, 4.69) is 0 Å². The van der Waals surface area contributed by atoms with Crippen LogP contribution in [0.5, 0.6) is 0 Å². The highest BCUT2D eigenvalue weighted by Gasteiger charge is 2.39. The van der Waals surface area contributed by atoms with Gasteiger partial charge in [0.05, 0.1) is 34.8 Å². The summed E-state index contributed by atoms with van der Waals surface area (Å²) in [5.41, 5.74) is 9.94. The zero-order valence-electron chi connectivity index (χ0n) is 20.7. The minimum Gasteiger partial charge on any atom is -0.463 e. The number of esters is 2. The number of fused-ring (bicyclic) bond motifs is 1. The average Bonchev–Trinajstić information content (AvgIpc) is 3.17. The quantitative estimate of drug-likeness (QED) is 0.518. The van der Waals surface area contributed by atoms with Gasteiger partial charge < -0.3 is 15.2 Å². The van der Waals surface area contributed by atoms with E-state index in [-0.39, 0.29) is 30.2 Å². The lowest BCUT2D eigenvalue weighted by molar-refractivity contribution is -0.138. The van der Waals surface area contributed by atoms with Crippen molar-refractivity contribution in [1.29, 1.82) is 0 Å². The highest BCUT2D eigenvalue weighted by Crippen LogP contribution is 2.37. The number of hydrogen-bond donors (Lipinski definition) is 1. The number of ether oxygens (including phenoxy) is 2. The van der Waals surface area contributed by atoms with Gasteiger partial charge in [-0.1, -0.05) is 59.7 Å². The first kappa shape index (κ1) is 25.2. The number of aromatic nitrogens is 1. The Morgan fingerprint density at radius 3 is 2.00 bits per heavy atom. The van der Waals surface area contributed by atoms with Gasteiger partial charge in [-0.25, -0.2) is 9.59 Å². The fraction of sp³-hybridized carbons (Fsp3) is 0.250. The summed E-state index contributed by atoms with van der Waals surface area (Å²) in [5.74, 6) is -2.20. The van der Waals surface area contributed by atoms with Crippen molar-refractivity contribution in [2.75, 3.05) is 13.2 Å². The predicted molar refractivity (Wildman–Crippen MR) is 141 cm³/mol. The monoisotopic (exact) mass is 504 g/mol. The molecule has 0 unspecified atom stereocenters. The van der Waals surface area contributed by atoms with Gasteiger partial charge in [-0.3, -0.25) is 9.36 Å². The van der Waals surface area contributed by atoms with Crippen LogP contribution in [0.1, 0.15) is 42.0 Å². The Morgan fingerprint density at radius 2 is 1.44 bits per heavy atom. The molecule has 0 radical (unpaired) electrons. The fourth-order valence-electron chi connectivity index (χ4n) is 4.17. The smallest absolute Gasteiger partial charge is 0.338 e. The fourth-order valence-corrected chi connectivity index (χ4v) is 5.33. The zero-order valence-corrected chi connectivity index (χ0v) is 21.5. The van der Waals surface area contributed by atoms with Gasteiger partial charge in [0, 0.05) is 0 Å². The minimum absolute atomic E-state index is 0.0399. The van der Waals surface area contributed by atoms with Crippen molar-refractivity contribution in [2.45, 2.75) is 33.6 Å². The molecule has 1 aliphatic rings. The highest BCUT2D eigenvalue weighted by atomic mass is 32.1. The van der Waals surface area contributed by atoms with Crippen molar-refractivity contribution < 1.29 is 19.1 Å². The third-order valence-electron chi connectivity index (χ3n) is 5.92. The summed E-state index contributed by atoms with van der Waals surface area (Å²) in [6, 6.07) is 15.2. The van der Waals surface area contributed by atoms with E-state index in [0.717, 1.165) is 28.0 Å². The lowest BCUT2D eigenvalue weighted by Gasteiger charge is -2.27. The molecule has 8 heteroatoms. The second kappa shape index (κ2) is 10.4. The van der Waals surface area contributed by atoms with Crippen LogP contribution in [0, 0.1) is 13.8 Å². The molecule has 0 saturated carbocycles. The van der Waals surface area contributed by atoms with Crippen LogP contribution in [0.2, 0.25) is 0 Å². The first-order valence-electron chi connectivity index (χ1n) is 11.7. The van der Waals surface area contributed by atoms with Crippen molar-refractivity contribution in [2.24, 2.45) is 5.73 Å². The summed E-state index contributed by atoms with van der Waals surface area (Å²) < 4.78 is 12.7. The summed E-state index contributed by atoms with van der Waals surface area (Å²) in [6.07, 6.45) is 1.75. The molecule has 0 fully saturated rings. The summed E-state index contributed by atoms with van der Waals surface area (Å²) in [6.45, 7) is 7.57. The van der Waals surface area contributed by atoms with Crippen molar-refractivity contribution in [1.82, 2.24) is 4.57 Å². The number of carbonyl (C=O) groups is 2. The lowest BCUT2D eigenvalue weighted by Crippen LogP contribution is -2.42. The van der Waals surface area contributed by atoms with Gasteiger partial charge in [-0.15, -0.1) is 11.3 Å². The Hall–Kier alpha value is -3.91. The SMILES string of the molecule is CCOC(=O)C1=C(N)n2c(sc(=Cc3ccc(C)cc3)c2=O)=C(C(=O)OCC)[C@H]1c1ccc(C)cc1. The largest absolute Gasteiger partial charge is 0.463 e. The first-order chi connectivity index (χ1) is 17.3. The molecule has 7 nitrogen and oxygen atoms in total. The number of rotatable bonds is 6. The molecule has 0 saturated heterocycles. The number of benzene rings is 2. The van der Waals surface area contributed by atoms with Crippen molar-refractivity contribution in [3.8, 4) is 0 Å². The van der Waals surface area contributed by atoms with Crippen molar-refractivity contribution in [3.63, 3.8) is 0 Å². The molecule has 36 heavy (non-hydrogen) atoms. The van der Waals surface area contributed by atoms with Crippen LogP contribution < -0.4 is 20.5 Å². The van der Waals surface area contributed by atoms with E-state index in [1.54, 1.807) is 19.9 Å². The average molecular weight is 505 g/mol. The maximum absolute atomic E-state index is 13.5. The van der Waals surface area contributed by atoms with Gasteiger partial charge in [0.15, 0.2) is 0 Å². The van der Waals surface area contributed by atoms with E-state index < -0.39 is 23.4 Å². The van der Waals surface area contributed by atoms with Crippen molar-refractivity contribution in [3.05, 3.63) is 95.9 Å². The first-order valence-corrected chi connectivity index (χ1v) is 12.5. The van der Waals surface area contributed by atoms with E-state index in [1.165, 1.54) is 4.57 Å². The number of thiazole rings is 1. The van der Waals surface area contributed by atoms with Crippen LogP contribution in [0.4, 0.5) is 0 Å². The number of aryl methyl sites for hydroxylation is 2. The van der Waals surface area contributed by atoms with E-state index >= 15 is 0 Å². The van der Waals surface area contributed by atoms with Gasteiger partial charge in [0.1, 0.15) is 10.5 Å². The minimum atomic E-state index is -0.853. The van der Waals surface area contributed by atoms with Gasteiger partial charge >= 0.3 is 11.9 Å². The van der Waals surface area contributed by atoms with E-state index in [1.807, 2.05) is 62.4 Å². The molecule has 1 aliphatic heterocycles. The van der Waals surface area contributed by atoms with Crippen LogP contribution in [-0.2, 0) is 19.1 Å². The summed E-state index contributed by atoms with van der Waals surface area (Å²) in [4.78, 5) is 40.1. The molecule has 0 amide bonds. The second-order valence-electron chi connectivity index (χ2n) is 8.46. The molecule has 4 rings (SSSR count). The summed E-state index contributed by atoms with van der Waals surface area (Å²) >= 11 is 1.15. The molecule has 2 heterocycles. The molecule has 0 aliphatic carbocycles. The molecule has 1 aromatic heterocycles. The predicted octanol–water partition coefficient (Wildman–Crippen LogP) is 2.56. The van der Waals surface area contributed by atoms with E-state index in [0.29, 0.717) is 14.8 Å². The van der Waals surface area contributed by atoms with E-state index in [4.69, 9.17) is 15.2 Å². The number of carbonyl (C=O) groups excluding carboxylic acids is 2. The molecular formula is C28H28N2O5S. The molecule has 1 atom stereocenters. The Balaban J connectivity index is 2.10. The molecular weight excluding hydrogens is 476 g/mol. The van der Waals surface area contributed by atoms with Crippen molar-refractivity contribution >= 4 is 40.7 Å². The summed E-state index contributed by atoms with van der Waals surface area (Å²) in [5, 5.41) is 0. The topological polar surface area (TPSA) is 101 Å². The zero-order chi connectivity index (χ0) is 26.0. The van der Waals surface area contributed by atoms with Crippen LogP contribution >= 0.6 is 11.3 Å². The van der Waals surface area contributed by atoms with Gasteiger partial charge in [-0.2, -0.15) is 0 Å². The van der Waals surface area contributed by atoms with Gasteiger partial charge in [0.25, 0.3) is 5.56 Å². The number of nitrogens with zero attached hydrogens (tertiary/aromatic N) is 1. The van der Waals surface area contributed by atoms with Crippen LogP contribution in [-0.4, -0.2) is 29.7 Å². The Labute approximate surface area is 212 Å². The van der Waals surface area contributed by atoms with Gasteiger partial charge in [-0.05, 0) is 44.9 Å². The standard InChI is InChI=1S/C28H28N2O5S/c1-5-34-27(32)22-21(19-13-9-17(4)10-14-19)23(28(33)35-6-2)26-30(24(22)29)25(31)20(36-26)15-18-11-7-16(3)8-12-18/h7-15,21H,5-6,29H2,1-4H3/t21-/m0/s1. The Morgan fingerprint density at radius 1 is 0.917 bits per heavy atom. The third-order valence-corrected chi connectivity index (χ3v) is 7.03. The summed E-state index contributed by atoms with van der Waals surface area (Å²) in [7, 11) is 0. The van der Waals surface area contributed by atoms with Gasteiger partial charge in [0.2, 0.25) is 0 Å². The maximum atomic E-state index is 13.5. The van der Waals surface area contributed by atoms with E-state index in [9.17, 15) is 14.4 Å². The number of nitrogens with two attached hydrogens (primary N) is 1. The third kappa shape index (κ3) is 4.64. The Bertz CT molecular complexity index is 1530. The highest BCUT2D eigenvalue weighted by molar-refractivity contribution is 7.07. The normalized spacial score (nSPS) is 15.6. The molecule has 3 aromatic rings. The van der Waals surface area contributed by atoms with Crippen LogP contribution in [0.15, 0.2) is 58.9 Å². The molecule has 186 valence electrons. The Kier molecular flexibility index (Phi) is 7.26. The molecule has 0 bridgehead atoms. The number of hydrogen-bond acceptors (Lipinski definition) is 7. The van der Waals surface area contributed by atoms with Crippen LogP contribution in [0.25, 0.3) is 17.5 Å².